The van der Waals surface area contributed by atoms with E-state index in [4.69, 9.17) is 5.73 Å². The fraction of sp³-hybridized carbons (Fsp3) is 0.400. The van der Waals surface area contributed by atoms with Crippen molar-refractivity contribution in [2.75, 3.05) is 0 Å². The van der Waals surface area contributed by atoms with Crippen LogP contribution in [0.3, 0.4) is 0 Å². The molecule has 0 fully saturated rings. The van der Waals surface area contributed by atoms with Gasteiger partial charge in [0, 0.05) is 17.0 Å². The van der Waals surface area contributed by atoms with Gasteiger partial charge in [-0.3, -0.25) is 0 Å². The van der Waals surface area contributed by atoms with Crippen LogP contribution in [0, 0.1) is 5.92 Å². The lowest BCUT2D eigenvalue weighted by atomic mass is 10.0. The summed E-state index contributed by atoms with van der Waals surface area (Å²) in [6.07, 6.45) is 1.13. The lowest BCUT2D eigenvalue weighted by Gasteiger charge is -2.05. The van der Waals surface area contributed by atoms with Crippen molar-refractivity contribution in [1.29, 1.82) is 0 Å². The predicted molar refractivity (Wildman–Crippen MR) is 78.7 cm³/mol. The van der Waals surface area contributed by atoms with Gasteiger partial charge in [0.2, 0.25) is 0 Å². The van der Waals surface area contributed by atoms with Crippen molar-refractivity contribution in [2.24, 2.45) is 11.7 Å². The summed E-state index contributed by atoms with van der Waals surface area (Å²) < 4.78 is 0. The van der Waals surface area contributed by atoms with E-state index in [1.165, 1.54) is 11.1 Å². The van der Waals surface area contributed by atoms with Gasteiger partial charge in [0.15, 0.2) is 0 Å². The van der Waals surface area contributed by atoms with E-state index in [2.05, 4.69) is 43.1 Å². The molecule has 0 aliphatic heterocycles. The fourth-order valence-corrected chi connectivity index (χ4v) is 2.81. The summed E-state index contributed by atoms with van der Waals surface area (Å²) in [5, 5.41) is 3.10. The molecule has 1 unspecified atom stereocenters. The first-order chi connectivity index (χ1) is 8.56. The van der Waals surface area contributed by atoms with Crippen LogP contribution < -0.4 is 5.73 Å². The quantitative estimate of drug-likeness (QED) is 0.901. The first-order valence-electron chi connectivity index (χ1n) is 6.36. The Bertz CT molecular complexity index is 497. The molecule has 1 aromatic heterocycles. The molecule has 2 aromatic rings. The second-order valence-electron chi connectivity index (χ2n) is 5.16. The predicted octanol–water partition coefficient (Wildman–Crippen LogP) is 4.03. The van der Waals surface area contributed by atoms with Gasteiger partial charge in [0.1, 0.15) is 5.01 Å². The Morgan fingerprint density at radius 3 is 2.33 bits per heavy atom. The summed E-state index contributed by atoms with van der Waals surface area (Å²) in [5.74, 6) is 0.695. The molecule has 3 heteroatoms. The summed E-state index contributed by atoms with van der Waals surface area (Å²) in [6.45, 7) is 6.44. The monoisotopic (exact) mass is 260 g/mol. The zero-order valence-electron chi connectivity index (χ0n) is 11.2. The molecule has 1 aromatic carbocycles. The van der Waals surface area contributed by atoms with Crippen LogP contribution in [0.1, 0.15) is 38.1 Å². The van der Waals surface area contributed by atoms with Crippen LogP contribution in [0.4, 0.5) is 0 Å². The standard InChI is InChI=1S/C15H20N2S/c1-10(2)8-12-4-6-13(7-5-12)15-17-14(9-18-15)11(3)16/h4-7,9-11H,8,16H2,1-3H3. The summed E-state index contributed by atoms with van der Waals surface area (Å²) in [4.78, 5) is 4.56. The van der Waals surface area contributed by atoms with Gasteiger partial charge in [-0.1, -0.05) is 38.1 Å². The van der Waals surface area contributed by atoms with Gasteiger partial charge in [-0.15, -0.1) is 11.3 Å². The van der Waals surface area contributed by atoms with Crippen LogP contribution >= 0.6 is 11.3 Å². The van der Waals surface area contributed by atoms with Crippen molar-refractivity contribution in [1.82, 2.24) is 4.98 Å². The topological polar surface area (TPSA) is 38.9 Å². The number of nitrogens with zero attached hydrogens (tertiary/aromatic N) is 1. The van der Waals surface area contributed by atoms with Crippen LogP contribution in [0.2, 0.25) is 0 Å². The number of benzene rings is 1. The van der Waals surface area contributed by atoms with Gasteiger partial charge in [-0.25, -0.2) is 4.98 Å². The zero-order valence-corrected chi connectivity index (χ0v) is 12.0. The van der Waals surface area contributed by atoms with Crippen molar-refractivity contribution in [3.05, 3.63) is 40.9 Å². The fourth-order valence-electron chi connectivity index (χ4n) is 1.88. The van der Waals surface area contributed by atoms with Gasteiger partial charge in [-0.05, 0) is 24.8 Å². The molecule has 1 atom stereocenters. The van der Waals surface area contributed by atoms with Gasteiger partial charge >= 0.3 is 0 Å². The summed E-state index contributed by atoms with van der Waals surface area (Å²) in [7, 11) is 0. The Morgan fingerprint density at radius 2 is 1.83 bits per heavy atom. The van der Waals surface area contributed by atoms with Crippen molar-refractivity contribution >= 4 is 11.3 Å². The van der Waals surface area contributed by atoms with Gasteiger partial charge < -0.3 is 5.73 Å². The first kappa shape index (κ1) is 13.2. The summed E-state index contributed by atoms with van der Waals surface area (Å²) >= 11 is 1.66. The molecule has 2 N–H and O–H groups in total. The molecule has 96 valence electrons. The van der Waals surface area contributed by atoms with E-state index in [0.29, 0.717) is 5.92 Å². The highest BCUT2D eigenvalue weighted by Crippen LogP contribution is 2.26. The largest absolute Gasteiger partial charge is 0.323 e. The Balaban J connectivity index is 2.17. The highest BCUT2D eigenvalue weighted by atomic mass is 32.1. The number of hydrogen-bond donors (Lipinski definition) is 1. The van der Waals surface area contributed by atoms with Crippen LogP contribution in [-0.2, 0) is 6.42 Å². The van der Waals surface area contributed by atoms with Gasteiger partial charge in [0.05, 0.1) is 5.69 Å². The van der Waals surface area contributed by atoms with Crippen LogP contribution in [0.25, 0.3) is 10.6 Å². The van der Waals surface area contributed by atoms with E-state index >= 15 is 0 Å². The van der Waals surface area contributed by atoms with E-state index < -0.39 is 0 Å². The highest BCUT2D eigenvalue weighted by Gasteiger charge is 2.07. The Labute approximate surface area is 113 Å². The lowest BCUT2D eigenvalue weighted by molar-refractivity contribution is 0.647. The Morgan fingerprint density at radius 1 is 1.17 bits per heavy atom. The molecule has 0 aliphatic carbocycles. The maximum absolute atomic E-state index is 5.83. The molecule has 0 radical (unpaired) electrons. The minimum absolute atomic E-state index is 0.00946. The van der Waals surface area contributed by atoms with Crippen molar-refractivity contribution < 1.29 is 0 Å². The van der Waals surface area contributed by atoms with Crippen molar-refractivity contribution in [3.63, 3.8) is 0 Å². The molecule has 0 aliphatic rings. The van der Waals surface area contributed by atoms with Crippen LogP contribution in [0.5, 0.6) is 0 Å². The van der Waals surface area contributed by atoms with E-state index in [-0.39, 0.29) is 6.04 Å². The maximum Gasteiger partial charge on any atom is 0.123 e. The molecule has 1 heterocycles. The Kier molecular flexibility index (Phi) is 4.15. The zero-order chi connectivity index (χ0) is 13.1. The molecule has 2 rings (SSSR count). The SMILES string of the molecule is CC(C)Cc1ccc(-c2nc(C(C)N)cs2)cc1. The Hall–Kier alpha value is -1.19. The number of rotatable bonds is 4. The first-order valence-corrected chi connectivity index (χ1v) is 7.24. The third kappa shape index (κ3) is 3.18. The minimum Gasteiger partial charge on any atom is -0.323 e. The number of aromatic nitrogens is 1. The second kappa shape index (κ2) is 5.63. The molecule has 0 saturated carbocycles. The second-order valence-corrected chi connectivity index (χ2v) is 6.02. The van der Waals surface area contributed by atoms with Gasteiger partial charge in [0.25, 0.3) is 0 Å². The third-order valence-electron chi connectivity index (χ3n) is 2.83. The van der Waals surface area contributed by atoms with E-state index in [0.717, 1.165) is 17.1 Å². The molecule has 0 bridgehead atoms. The maximum atomic E-state index is 5.83. The molecule has 0 amide bonds. The van der Waals surface area contributed by atoms with Crippen molar-refractivity contribution in [2.45, 2.75) is 33.2 Å². The van der Waals surface area contributed by atoms with Crippen molar-refractivity contribution in [3.8, 4) is 10.6 Å². The number of thiazole rings is 1. The molecule has 18 heavy (non-hydrogen) atoms. The summed E-state index contributed by atoms with van der Waals surface area (Å²) in [5.41, 5.74) is 9.37. The number of nitrogens with two attached hydrogens (primary N) is 1. The average Bonchev–Trinajstić information content (AvgIpc) is 2.78. The highest BCUT2D eigenvalue weighted by molar-refractivity contribution is 7.13. The smallest absolute Gasteiger partial charge is 0.123 e. The lowest BCUT2D eigenvalue weighted by Crippen LogP contribution is -2.04. The van der Waals surface area contributed by atoms with Crippen LogP contribution in [-0.4, -0.2) is 4.98 Å². The van der Waals surface area contributed by atoms with Crippen LogP contribution in [0.15, 0.2) is 29.6 Å². The van der Waals surface area contributed by atoms with E-state index in [9.17, 15) is 0 Å². The van der Waals surface area contributed by atoms with E-state index in [1.54, 1.807) is 11.3 Å². The molecular formula is C15H20N2S. The summed E-state index contributed by atoms with van der Waals surface area (Å²) in [6, 6.07) is 8.71. The average molecular weight is 260 g/mol. The normalized spacial score (nSPS) is 12.9. The minimum atomic E-state index is 0.00946. The number of hydrogen-bond acceptors (Lipinski definition) is 3. The third-order valence-corrected chi connectivity index (χ3v) is 3.74. The molecule has 0 spiro atoms. The van der Waals surface area contributed by atoms with E-state index in [1.807, 2.05) is 12.3 Å². The van der Waals surface area contributed by atoms with Gasteiger partial charge in [-0.2, -0.15) is 0 Å². The molecule has 2 nitrogen and oxygen atoms in total. The molecular weight excluding hydrogens is 240 g/mol. The molecule has 0 saturated heterocycles.